The zero-order chi connectivity index (χ0) is 14.1. The average Bonchev–Trinajstić information content (AvgIpc) is 2.47. The summed E-state index contributed by atoms with van der Waals surface area (Å²) in [5.74, 6) is 1.32. The van der Waals surface area contributed by atoms with E-state index in [0.717, 1.165) is 48.7 Å². The Kier molecular flexibility index (Phi) is 3.49. The molecule has 0 bridgehead atoms. The van der Waals surface area contributed by atoms with Crippen molar-refractivity contribution in [1.29, 1.82) is 0 Å². The van der Waals surface area contributed by atoms with Crippen LogP contribution < -0.4 is 5.73 Å². The van der Waals surface area contributed by atoms with Crippen LogP contribution in [0.4, 0.5) is 0 Å². The van der Waals surface area contributed by atoms with Gasteiger partial charge < -0.3 is 5.73 Å². The number of nitrogens with zero attached hydrogens (tertiary/aromatic N) is 3. The fraction of sp³-hybridized carbons (Fsp3) is 0.438. The van der Waals surface area contributed by atoms with Gasteiger partial charge >= 0.3 is 0 Å². The molecule has 4 heteroatoms. The molecule has 0 aliphatic heterocycles. The van der Waals surface area contributed by atoms with Crippen LogP contribution in [-0.2, 0) is 12.8 Å². The Morgan fingerprint density at radius 3 is 2.80 bits per heavy atom. The third-order valence-electron chi connectivity index (χ3n) is 4.03. The summed E-state index contributed by atoms with van der Waals surface area (Å²) in [7, 11) is 0. The van der Waals surface area contributed by atoms with Crippen molar-refractivity contribution in [3.63, 3.8) is 0 Å². The molecule has 0 spiro atoms. The van der Waals surface area contributed by atoms with Gasteiger partial charge in [-0.05, 0) is 63.3 Å². The van der Waals surface area contributed by atoms with Gasteiger partial charge in [-0.25, -0.2) is 15.0 Å². The molecule has 1 unspecified atom stereocenters. The van der Waals surface area contributed by atoms with Crippen molar-refractivity contribution >= 4 is 0 Å². The van der Waals surface area contributed by atoms with E-state index in [0.29, 0.717) is 5.92 Å². The number of aryl methyl sites for hydroxylation is 3. The van der Waals surface area contributed by atoms with Crippen molar-refractivity contribution in [3.8, 4) is 11.5 Å². The van der Waals surface area contributed by atoms with Crippen LogP contribution in [0.5, 0.6) is 0 Å². The molecule has 1 atom stereocenters. The highest BCUT2D eigenvalue weighted by Crippen LogP contribution is 2.27. The minimum Gasteiger partial charge on any atom is -0.330 e. The van der Waals surface area contributed by atoms with Crippen LogP contribution in [0.15, 0.2) is 18.2 Å². The van der Waals surface area contributed by atoms with Crippen molar-refractivity contribution in [3.05, 3.63) is 40.8 Å². The molecule has 1 aliphatic carbocycles. The first-order chi connectivity index (χ1) is 9.67. The summed E-state index contributed by atoms with van der Waals surface area (Å²) < 4.78 is 0. The molecular formula is C16H20N4. The summed E-state index contributed by atoms with van der Waals surface area (Å²) >= 11 is 0. The Hall–Kier alpha value is -1.81. The van der Waals surface area contributed by atoms with Crippen LogP contribution in [0, 0.1) is 19.8 Å². The fourth-order valence-electron chi connectivity index (χ4n) is 2.84. The molecule has 0 fully saturated rings. The molecule has 2 aromatic rings. The van der Waals surface area contributed by atoms with E-state index in [1.54, 1.807) is 0 Å². The molecule has 0 amide bonds. The molecular weight excluding hydrogens is 248 g/mol. The Morgan fingerprint density at radius 1 is 1.20 bits per heavy atom. The fourth-order valence-corrected chi connectivity index (χ4v) is 2.84. The predicted octanol–water partition coefficient (Wildman–Crippen LogP) is 2.22. The first-order valence-corrected chi connectivity index (χ1v) is 7.18. The van der Waals surface area contributed by atoms with Crippen molar-refractivity contribution in [1.82, 2.24) is 15.0 Å². The zero-order valence-corrected chi connectivity index (χ0v) is 12.1. The van der Waals surface area contributed by atoms with Gasteiger partial charge in [0.05, 0.1) is 0 Å². The van der Waals surface area contributed by atoms with Crippen LogP contribution >= 0.6 is 0 Å². The lowest BCUT2D eigenvalue weighted by Gasteiger charge is -2.24. The van der Waals surface area contributed by atoms with Gasteiger partial charge in [0.1, 0.15) is 5.69 Å². The molecule has 104 valence electrons. The second-order valence-corrected chi connectivity index (χ2v) is 5.57. The van der Waals surface area contributed by atoms with E-state index in [9.17, 15) is 0 Å². The molecule has 2 aromatic heterocycles. The normalized spacial score (nSPS) is 17.9. The molecule has 0 radical (unpaired) electrons. The van der Waals surface area contributed by atoms with Crippen LogP contribution in [0.3, 0.4) is 0 Å². The van der Waals surface area contributed by atoms with Gasteiger partial charge in [0.15, 0.2) is 5.82 Å². The highest BCUT2D eigenvalue weighted by atomic mass is 14.9. The maximum Gasteiger partial charge on any atom is 0.178 e. The molecule has 20 heavy (non-hydrogen) atoms. The SMILES string of the molecule is Cc1cccc(-c2nc(C)c3c(n2)CCC(CN)C3)n1. The minimum atomic E-state index is 0.577. The second-order valence-electron chi connectivity index (χ2n) is 5.57. The van der Waals surface area contributed by atoms with Crippen LogP contribution in [-0.4, -0.2) is 21.5 Å². The number of fused-ring (bicyclic) bond motifs is 1. The van der Waals surface area contributed by atoms with E-state index in [-0.39, 0.29) is 0 Å². The maximum absolute atomic E-state index is 5.80. The number of nitrogens with two attached hydrogens (primary N) is 1. The number of hydrogen-bond donors (Lipinski definition) is 1. The molecule has 1 aliphatic rings. The predicted molar refractivity (Wildman–Crippen MR) is 79.3 cm³/mol. The monoisotopic (exact) mass is 268 g/mol. The summed E-state index contributed by atoms with van der Waals surface area (Å²) in [6.45, 7) is 4.80. The number of rotatable bonds is 2. The maximum atomic E-state index is 5.80. The van der Waals surface area contributed by atoms with Gasteiger partial charge in [0, 0.05) is 17.1 Å². The van der Waals surface area contributed by atoms with E-state index in [4.69, 9.17) is 10.7 Å². The smallest absolute Gasteiger partial charge is 0.178 e. The number of hydrogen-bond acceptors (Lipinski definition) is 4. The third-order valence-corrected chi connectivity index (χ3v) is 4.03. The highest BCUT2D eigenvalue weighted by Gasteiger charge is 2.22. The molecule has 3 rings (SSSR count). The van der Waals surface area contributed by atoms with Crippen molar-refractivity contribution in [2.45, 2.75) is 33.1 Å². The molecule has 0 saturated carbocycles. The van der Waals surface area contributed by atoms with E-state index in [1.165, 1.54) is 11.3 Å². The number of pyridine rings is 1. The lowest BCUT2D eigenvalue weighted by molar-refractivity contribution is 0.460. The van der Waals surface area contributed by atoms with Gasteiger partial charge in [-0.1, -0.05) is 6.07 Å². The lowest BCUT2D eigenvalue weighted by Crippen LogP contribution is -2.24. The third kappa shape index (κ3) is 2.43. The first kappa shape index (κ1) is 13.2. The van der Waals surface area contributed by atoms with Gasteiger partial charge in [-0.2, -0.15) is 0 Å². The summed E-state index contributed by atoms with van der Waals surface area (Å²) in [6.07, 6.45) is 3.14. The largest absolute Gasteiger partial charge is 0.330 e. The molecule has 2 N–H and O–H groups in total. The number of aromatic nitrogens is 3. The topological polar surface area (TPSA) is 64.7 Å². The van der Waals surface area contributed by atoms with Gasteiger partial charge in [-0.3, -0.25) is 0 Å². The van der Waals surface area contributed by atoms with Gasteiger partial charge in [0.2, 0.25) is 0 Å². The Balaban J connectivity index is 2.02. The Labute approximate surface area is 119 Å². The summed E-state index contributed by atoms with van der Waals surface area (Å²) in [6, 6.07) is 5.96. The minimum absolute atomic E-state index is 0.577. The summed E-state index contributed by atoms with van der Waals surface area (Å²) in [5, 5.41) is 0. The zero-order valence-electron chi connectivity index (χ0n) is 12.1. The van der Waals surface area contributed by atoms with E-state index in [2.05, 4.69) is 16.9 Å². The second kappa shape index (κ2) is 5.29. The lowest BCUT2D eigenvalue weighted by atomic mass is 9.86. The standard InChI is InChI=1S/C16H20N4/c1-10-4-3-5-15(18-10)16-19-11(2)13-8-12(9-17)6-7-14(13)20-16/h3-5,12H,6-9,17H2,1-2H3. The molecule has 4 nitrogen and oxygen atoms in total. The van der Waals surface area contributed by atoms with Crippen molar-refractivity contribution < 1.29 is 0 Å². The molecule has 0 saturated heterocycles. The van der Waals surface area contributed by atoms with Crippen LogP contribution in [0.25, 0.3) is 11.5 Å². The van der Waals surface area contributed by atoms with Crippen molar-refractivity contribution in [2.75, 3.05) is 6.54 Å². The van der Waals surface area contributed by atoms with E-state index in [1.807, 2.05) is 25.1 Å². The van der Waals surface area contributed by atoms with Crippen LogP contribution in [0.1, 0.15) is 29.1 Å². The van der Waals surface area contributed by atoms with E-state index >= 15 is 0 Å². The van der Waals surface area contributed by atoms with Gasteiger partial charge in [0.25, 0.3) is 0 Å². The Bertz CT molecular complexity index is 636. The molecule has 0 aromatic carbocycles. The van der Waals surface area contributed by atoms with Gasteiger partial charge in [-0.15, -0.1) is 0 Å². The summed E-state index contributed by atoms with van der Waals surface area (Å²) in [4.78, 5) is 13.9. The average molecular weight is 268 g/mol. The van der Waals surface area contributed by atoms with E-state index < -0.39 is 0 Å². The molecule has 2 heterocycles. The summed E-state index contributed by atoms with van der Waals surface area (Å²) in [5.41, 5.74) is 11.2. The highest BCUT2D eigenvalue weighted by molar-refractivity contribution is 5.51. The van der Waals surface area contributed by atoms with Crippen molar-refractivity contribution in [2.24, 2.45) is 11.7 Å². The van der Waals surface area contributed by atoms with Crippen LogP contribution in [0.2, 0.25) is 0 Å². The first-order valence-electron chi connectivity index (χ1n) is 7.18. The Morgan fingerprint density at radius 2 is 2.05 bits per heavy atom. The quantitative estimate of drug-likeness (QED) is 0.907.